The van der Waals surface area contributed by atoms with Gasteiger partial charge >= 0.3 is 0 Å². The quantitative estimate of drug-likeness (QED) is 0.530. The van der Waals surface area contributed by atoms with Gasteiger partial charge in [-0.3, -0.25) is 10.1 Å². The third-order valence-corrected chi connectivity index (χ3v) is 6.40. The molecule has 0 aliphatic carbocycles. The molecule has 4 heterocycles. The number of furan rings is 1. The second kappa shape index (κ2) is 6.82. The summed E-state index contributed by atoms with van der Waals surface area (Å²) in [5, 5.41) is 13.3. The average Bonchev–Trinajstić information content (AvgIpc) is 3.34. The Morgan fingerprint density at radius 1 is 1.19 bits per heavy atom. The molecule has 0 aliphatic heterocycles. The van der Waals surface area contributed by atoms with Gasteiger partial charge in [-0.2, -0.15) is 0 Å². The number of hydrogen-bond acceptors (Lipinski definition) is 8. The topological polar surface area (TPSA) is 93.8 Å². The Kier molecular flexibility index (Phi) is 4.48. The summed E-state index contributed by atoms with van der Waals surface area (Å²) in [6, 6.07) is 3.61. The number of nitrogens with zero attached hydrogens (tertiary/aromatic N) is 4. The Bertz CT molecular complexity index is 1130. The lowest BCUT2D eigenvalue weighted by Gasteiger charge is -2.01. The highest BCUT2D eigenvalue weighted by Gasteiger charge is 2.21. The van der Waals surface area contributed by atoms with Crippen molar-refractivity contribution < 1.29 is 9.21 Å². The molecule has 138 valence electrons. The standard InChI is InChI=1S/C18H17N5O2S2/c1-8(2)16-22-23-18(27-16)21-15(24)13-9(3)12-10(4)19-14(20-17(12)26-13)11-6-5-7-25-11/h5-8H,1-4H3,(H,21,23,24). The fourth-order valence-corrected chi connectivity index (χ4v) is 4.61. The highest BCUT2D eigenvalue weighted by atomic mass is 32.1. The van der Waals surface area contributed by atoms with Gasteiger partial charge in [-0.1, -0.05) is 25.2 Å². The first-order valence-electron chi connectivity index (χ1n) is 8.40. The molecule has 0 bridgehead atoms. The lowest BCUT2D eigenvalue weighted by molar-refractivity contribution is 0.103. The Morgan fingerprint density at radius 3 is 2.67 bits per heavy atom. The fourth-order valence-electron chi connectivity index (χ4n) is 2.74. The summed E-state index contributed by atoms with van der Waals surface area (Å²) < 4.78 is 5.40. The van der Waals surface area contributed by atoms with Crippen molar-refractivity contribution >= 4 is 43.9 Å². The molecule has 1 amide bonds. The van der Waals surface area contributed by atoms with E-state index in [0.29, 0.717) is 21.6 Å². The van der Waals surface area contributed by atoms with Crippen molar-refractivity contribution in [2.45, 2.75) is 33.6 Å². The minimum absolute atomic E-state index is 0.207. The molecule has 0 saturated carbocycles. The van der Waals surface area contributed by atoms with E-state index in [1.54, 1.807) is 12.3 Å². The molecule has 4 rings (SSSR count). The van der Waals surface area contributed by atoms with E-state index in [1.807, 2.05) is 33.8 Å². The molecule has 1 N–H and O–H groups in total. The Hall–Kier alpha value is -2.65. The molecule has 27 heavy (non-hydrogen) atoms. The van der Waals surface area contributed by atoms with Crippen molar-refractivity contribution in [3.63, 3.8) is 0 Å². The lowest BCUT2D eigenvalue weighted by atomic mass is 10.1. The maximum Gasteiger partial charge on any atom is 0.267 e. The molecule has 9 heteroatoms. The molecule has 0 atom stereocenters. The van der Waals surface area contributed by atoms with Crippen LogP contribution < -0.4 is 5.32 Å². The van der Waals surface area contributed by atoms with Gasteiger partial charge in [0.05, 0.1) is 16.8 Å². The van der Waals surface area contributed by atoms with Gasteiger partial charge in [0.25, 0.3) is 5.91 Å². The predicted octanol–water partition coefficient (Wildman–Crippen LogP) is 4.80. The van der Waals surface area contributed by atoms with E-state index in [9.17, 15) is 4.79 Å². The van der Waals surface area contributed by atoms with Gasteiger partial charge < -0.3 is 4.42 Å². The predicted molar refractivity (Wildman–Crippen MR) is 107 cm³/mol. The smallest absolute Gasteiger partial charge is 0.267 e. The van der Waals surface area contributed by atoms with Crippen LogP contribution in [0.4, 0.5) is 5.13 Å². The molecule has 0 saturated heterocycles. The van der Waals surface area contributed by atoms with Gasteiger partial charge in [-0.15, -0.1) is 21.5 Å². The van der Waals surface area contributed by atoms with Crippen LogP contribution in [0.2, 0.25) is 0 Å². The Labute approximate surface area is 163 Å². The molecule has 7 nitrogen and oxygen atoms in total. The summed E-state index contributed by atoms with van der Waals surface area (Å²) in [6.07, 6.45) is 1.59. The molecule has 4 aromatic heterocycles. The van der Waals surface area contributed by atoms with Crippen molar-refractivity contribution in [3.05, 3.63) is 39.5 Å². The number of aromatic nitrogens is 4. The normalized spacial score (nSPS) is 11.4. The number of rotatable bonds is 4. The number of carbonyl (C=O) groups excluding carboxylic acids is 1. The molecular formula is C18H17N5O2S2. The van der Waals surface area contributed by atoms with E-state index in [0.717, 1.165) is 26.5 Å². The van der Waals surface area contributed by atoms with Crippen LogP contribution in [0.3, 0.4) is 0 Å². The first-order chi connectivity index (χ1) is 12.9. The molecule has 0 radical (unpaired) electrons. The molecule has 0 fully saturated rings. The summed E-state index contributed by atoms with van der Waals surface area (Å²) in [5.74, 6) is 1.19. The lowest BCUT2D eigenvalue weighted by Crippen LogP contribution is -2.11. The summed E-state index contributed by atoms with van der Waals surface area (Å²) in [6.45, 7) is 7.91. The maximum absolute atomic E-state index is 12.8. The number of hydrogen-bond donors (Lipinski definition) is 1. The van der Waals surface area contributed by atoms with Crippen LogP contribution in [-0.2, 0) is 0 Å². The summed E-state index contributed by atoms with van der Waals surface area (Å²) in [4.78, 5) is 23.3. The number of thiophene rings is 1. The van der Waals surface area contributed by atoms with Gasteiger partial charge in [-0.05, 0) is 31.5 Å². The number of anilines is 1. The molecule has 0 unspecified atom stereocenters. The Balaban J connectivity index is 1.70. The maximum atomic E-state index is 12.8. The third-order valence-electron chi connectivity index (χ3n) is 4.07. The van der Waals surface area contributed by atoms with E-state index < -0.39 is 0 Å². The SMILES string of the molecule is Cc1nc(-c2ccco2)nc2sc(C(=O)Nc3nnc(C(C)C)s3)c(C)c12. The first-order valence-corrected chi connectivity index (χ1v) is 10.0. The zero-order valence-electron chi connectivity index (χ0n) is 15.2. The van der Waals surface area contributed by atoms with E-state index in [-0.39, 0.29) is 11.8 Å². The van der Waals surface area contributed by atoms with Gasteiger partial charge in [0, 0.05) is 11.3 Å². The van der Waals surface area contributed by atoms with Crippen LogP contribution in [0, 0.1) is 13.8 Å². The average molecular weight is 400 g/mol. The van der Waals surface area contributed by atoms with E-state index in [4.69, 9.17) is 4.42 Å². The van der Waals surface area contributed by atoms with Crippen LogP contribution in [0.1, 0.15) is 45.7 Å². The fraction of sp³-hybridized carbons (Fsp3) is 0.278. The van der Waals surface area contributed by atoms with Gasteiger partial charge in [0.1, 0.15) is 9.84 Å². The van der Waals surface area contributed by atoms with Gasteiger partial charge in [0.15, 0.2) is 11.6 Å². The molecule has 0 spiro atoms. The number of amides is 1. The van der Waals surface area contributed by atoms with Crippen LogP contribution in [0.25, 0.3) is 21.8 Å². The number of carbonyl (C=O) groups is 1. The van der Waals surface area contributed by atoms with E-state index in [1.165, 1.54) is 22.7 Å². The van der Waals surface area contributed by atoms with E-state index >= 15 is 0 Å². The summed E-state index contributed by atoms with van der Waals surface area (Å²) in [5.41, 5.74) is 1.68. The van der Waals surface area contributed by atoms with Crippen molar-refractivity contribution in [3.8, 4) is 11.6 Å². The zero-order valence-corrected chi connectivity index (χ0v) is 16.9. The second-order valence-corrected chi connectivity index (χ2v) is 8.41. The minimum Gasteiger partial charge on any atom is -0.461 e. The summed E-state index contributed by atoms with van der Waals surface area (Å²) in [7, 11) is 0. The van der Waals surface area contributed by atoms with Gasteiger partial charge in [-0.25, -0.2) is 9.97 Å². The highest BCUT2D eigenvalue weighted by molar-refractivity contribution is 7.21. The first kappa shape index (κ1) is 17.7. The van der Waals surface area contributed by atoms with Crippen molar-refractivity contribution in [1.82, 2.24) is 20.2 Å². The van der Waals surface area contributed by atoms with Crippen molar-refractivity contribution in [1.29, 1.82) is 0 Å². The number of nitrogens with one attached hydrogen (secondary N) is 1. The van der Waals surface area contributed by atoms with E-state index in [2.05, 4.69) is 25.5 Å². The van der Waals surface area contributed by atoms with Crippen LogP contribution in [0.15, 0.2) is 22.8 Å². The van der Waals surface area contributed by atoms with Crippen LogP contribution in [-0.4, -0.2) is 26.1 Å². The van der Waals surface area contributed by atoms with Crippen molar-refractivity contribution in [2.24, 2.45) is 0 Å². The van der Waals surface area contributed by atoms with Crippen molar-refractivity contribution in [2.75, 3.05) is 5.32 Å². The molecule has 0 aliphatic rings. The Morgan fingerprint density at radius 2 is 2.00 bits per heavy atom. The second-order valence-electron chi connectivity index (χ2n) is 6.40. The zero-order chi connectivity index (χ0) is 19.1. The minimum atomic E-state index is -0.207. The highest BCUT2D eigenvalue weighted by Crippen LogP contribution is 2.33. The number of fused-ring (bicyclic) bond motifs is 1. The monoisotopic (exact) mass is 399 g/mol. The summed E-state index contributed by atoms with van der Waals surface area (Å²) >= 11 is 2.73. The van der Waals surface area contributed by atoms with Gasteiger partial charge in [0.2, 0.25) is 5.13 Å². The third kappa shape index (κ3) is 3.24. The number of aryl methyl sites for hydroxylation is 2. The molecular weight excluding hydrogens is 382 g/mol. The largest absolute Gasteiger partial charge is 0.461 e. The molecule has 0 aromatic carbocycles. The van der Waals surface area contributed by atoms with Crippen LogP contribution >= 0.6 is 22.7 Å². The molecule has 4 aromatic rings. The van der Waals surface area contributed by atoms with Crippen LogP contribution in [0.5, 0.6) is 0 Å².